The van der Waals surface area contributed by atoms with Crippen molar-refractivity contribution in [3.8, 4) is 17.2 Å². The number of aromatic nitrogens is 1. The van der Waals surface area contributed by atoms with Gasteiger partial charge in [-0.1, -0.05) is 12.1 Å². The summed E-state index contributed by atoms with van der Waals surface area (Å²) in [5.41, 5.74) is 1.39. The van der Waals surface area contributed by atoms with Crippen molar-refractivity contribution < 1.29 is 19.0 Å². The molecule has 2 heterocycles. The number of para-hydroxylation sites is 2. The van der Waals surface area contributed by atoms with Crippen LogP contribution in [0.25, 0.3) is 10.9 Å². The van der Waals surface area contributed by atoms with Crippen molar-refractivity contribution in [2.24, 2.45) is 0 Å². The maximum atomic E-state index is 12.4. The second-order valence-corrected chi connectivity index (χ2v) is 5.84. The van der Waals surface area contributed by atoms with Gasteiger partial charge in [-0.2, -0.15) is 0 Å². The van der Waals surface area contributed by atoms with Crippen LogP contribution in [-0.4, -0.2) is 37.3 Å². The Morgan fingerprint density at radius 3 is 2.92 bits per heavy atom. The summed E-state index contributed by atoms with van der Waals surface area (Å²) in [6.45, 7) is 0.771. The highest BCUT2D eigenvalue weighted by molar-refractivity contribution is 5.98. The van der Waals surface area contributed by atoms with E-state index in [2.05, 4.69) is 10.3 Å². The van der Waals surface area contributed by atoms with Gasteiger partial charge in [0.05, 0.1) is 13.7 Å². The van der Waals surface area contributed by atoms with Crippen LogP contribution in [-0.2, 0) is 0 Å². The smallest absolute Gasteiger partial charge is 0.267 e. The lowest BCUT2D eigenvalue weighted by molar-refractivity contribution is 0.0787. The van der Waals surface area contributed by atoms with Gasteiger partial charge in [-0.25, -0.2) is 0 Å². The quantitative estimate of drug-likeness (QED) is 0.767. The summed E-state index contributed by atoms with van der Waals surface area (Å²) in [5.74, 6) is 2.00. The molecule has 4 rings (SSSR count). The lowest BCUT2D eigenvalue weighted by atomic mass is 10.2. The number of carbonyl (C=O) groups is 1. The average Bonchev–Trinajstić information content (AvgIpc) is 3.09. The highest BCUT2D eigenvalue weighted by Gasteiger charge is 2.21. The number of methoxy groups -OCH3 is 1. The molecule has 1 aliphatic rings. The molecular formula is C19H18N2O4. The van der Waals surface area contributed by atoms with E-state index in [0.717, 1.165) is 22.4 Å². The first-order valence-electron chi connectivity index (χ1n) is 8.06. The summed E-state index contributed by atoms with van der Waals surface area (Å²) in [6, 6.07) is 14.9. The third-order valence-corrected chi connectivity index (χ3v) is 4.13. The van der Waals surface area contributed by atoms with Crippen LogP contribution in [0.15, 0.2) is 48.5 Å². The van der Waals surface area contributed by atoms with Crippen LogP contribution >= 0.6 is 0 Å². The fraction of sp³-hybridized carbons (Fsp3) is 0.211. The van der Waals surface area contributed by atoms with E-state index >= 15 is 0 Å². The Balaban J connectivity index is 1.41. The molecule has 2 aromatic carbocycles. The number of carbonyl (C=O) groups excluding carboxylic acids is 1. The van der Waals surface area contributed by atoms with Gasteiger partial charge in [0.2, 0.25) is 0 Å². The van der Waals surface area contributed by atoms with E-state index in [1.54, 1.807) is 13.2 Å². The largest absolute Gasteiger partial charge is 0.497 e. The summed E-state index contributed by atoms with van der Waals surface area (Å²) in [6.07, 6.45) is -0.219. The number of H-pyrrole nitrogens is 1. The first-order chi connectivity index (χ1) is 12.2. The van der Waals surface area contributed by atoms with Crippen LogP contribution < -0.4 is 19.5 Å². The molecule has 6 heteroatoms. The Hall–Kier alpha value is -3.15. The van der Waals surface area contributed by atoms with Gasteiger partial charge < -0.3 is 24.5 Å². The SMILES string of the molecule is COc1ccc2[nH]c(C(=O)NCC3COc4ccccc4O3)cc2c1. The second-order valence-electron chi connectivity index (χ2n) is 5.84. The van der Waals surface area contributed by atoms with Crippen LogP contribution in [0.3, 0.4) is 0 Å². The van der Waals surface area contributed by atoms with Crippen molar-refractivity contribution >= 4 is 16.8 Å². The van der Waals surface area contributed by atoms with Gasteiger partial charge in [-0.05, 0) is 36.4 Å². The minimum absolute atomic E-state index is 0.183. The Bertz CT molecular complexity index is 919. The molecule has 0 aliphatic carbocycles. The van der Waals surface area contributed by atoms with Gasteiger partial charge in [0, 0.05) is 10.9 Å². The molecule has 0 saturated carbocycles. The molecule has 0 spiro atoms. The summed E-state index contributed by atoms with van der Waals surface area (Å²) in [5, 5.41) is 3.81. The van der Waals surface area contributed by atoms with Gasteiger partial charge >= 0.3 is 0 Å². The molecule has 25 heavy (non-hydrogen) atoms. The Morgan fingerprint density at radius 2 is 2.08 bits per heavy atom. The summed E-state index contributed by atoms with van der Waals surface area (Å²) < 4.78 is 16.7. The van der Waals surface area contributed by atoms with E-state index in [-0.39, 0.29) is 12.0 Å². The fourth-order valence-corrected chi connectivity index (χ4v) is 2.83. The van der Waals surface area contributed by atoms with Crippen LogP contribution in [0.2, 0.25) is 0 Å². The normalized spacial score (nSPS) is 15.8. The molecule has 0 saturated heterocycles. The van der Waals surface area contributed by atoms with Gasteiger partial charge in [-0.15, -0.1) is 0 Å². The topological polar surface area (TPSA) is 72.6 Å². The maximum absolute atomic E-state index is 12.4. The third kappa shape index (κ3) is 3.10. The Labute approximate surface area is 144 Å². The third-order valence-electron chi connectivity index (χ3n) is 4.13. The Kier molecular flexibility index (Phi) is 3.93. The van der Waals surface area contributed by atoms with E-state index < -0.39 is 0 Å². The average molecular weight is 338 g/mol. The lowest BCUT2D eigenvalue weighted by Gasteiger charge is -2.26. The van der Waals surface area contributed by atoms with Crippen LogP contribution in [0.5, 0.6) is 17.2 Å². The molecule has 2 N–H and O–H groups in total. The lowest BCUT2D eigenvalue weighted by Crippen LogP contribution is -2.40. The van der Waals surface area contributed by atoms with Crippen molar-refractivity contribution in [2.75, 3.05) is 20.3 Å². The number of aromatic amines is 1. The number of hydrogen-bond acceptors (Lipinski definition) is 4. The summed E-state index contributed by atoms with van der Waals surface area (Å²) in [4.78, 5) is 15.5. The molecule has 3 aromatic rings. The van der Waals surface area contributed by atoms with Gasteiger partial charge in [0.15, 0.2) is 11.5 Å². The molecular weight excluding hydrogens is 320 g/mol. The van der Waals surface area contributed by atoms with E-state index in [1.807, 2.05) is 42.5 Å². The summed E-state index contributed by atoms with van der Waals surface area (Å²) in [7, 11) is 1.62. The van der Waals surface area contributed by atoms with Crippen molar-refractivity contribution in [3.63, 3.8) is 0 Å². The first kappa shape index (κ1) is 15.4. The zero-order valence-corrected chi connectivity index (χ0v) is 13.7. The fourth-order valence-electron chi connectivity index (χ4n) is 2.83. The standard InChI is InChI=1S/C19H18N2O4/c1-23-13-6-7-15-12(8-13)9-16(21-15)19(22)20-10-14-11-24-17-4-2-3-5-18(17)25-14/h2-9,14,21H,10-11H2,1H3,(H,20,22). The van der Waals surface area contributed by atoms with Crippen molar-refractivity contribution in [1.29, 1.82) is 0 Å². The minimum atomic E-state index is -0.219. The number of ether oxygens (including phenoxy) is 3. The Morgan fingerprint density at radius 1 is 1.24 bits per heavy atom. The zero-order valence-electron chi connectivity index (χ0n) is 13.7. The van der Waals surface area contributed by atoms with Gasteiger partial charge in [0.25, 0.3) is 5.91 Å². The van der Waals surface area contributed by atoms with Crippen molar-refractivity contribution in [1.82, 2.24) is 10.3 Å². The number of hydrogen-bond donors (Lipinski definition) is 2. The monoisotopic (exact) mass is 338 g/mol. The molecule has 0 radical (unpaired) electrons. The van der Waals surface area contributed by atoms with Crippen molar-refractivity contribution in [2.45, 2.75) is 6.10 Å². The van der Waals surface area contributed by atoms with Gasteiger partial charge in [0.1, 0.15) is 24.2 Å². The second kappa shape index (κ2) is 6.39. The zero-order chi connectivity index (χ0) is 17.2. The van der Waals surface area contributed by atoms with Crippen LogP contribution in [0.1, 0.15) is 10.5 Å². The minimum Gasteiger partial charge on any atom is -0.497 e. The molecule has 0 fully saturated rings. The van der Waals surface area contributed by atoms with Crippen LogP contribution in [0.4, 0.5) is 0 Å². The first-order valence-corrected chi connectivity index (χ1v) is 8.06. The maximum Gasteiger partial charge on any atom is 0.267 e. The van der Waals surface area contributed by atoms with E-state index in [1.165, 1.54) is 0 Å². The molecule has 1 aromatic heterocycles. The van der Waals surface area contributed by atoms with Crippen molar-refractivity contribution in [3.05, 3.63) is 54.2 Å². The predicted molar refractivity (Wildman–Crippen MR) is 93.5 cm³/mol. The van der Waals surface area contributed by atoms with Crippen LogP contribution in [0, 0.1) is 0 Å². The van der Waals surface area contributed by atoms with E-state index in [0.29, 0.717) is 24.6 Å². The predicted octanol–water partition coefficient (Wildman–Crippen LogP) is 2.75. The van der Waals surface area contributed by atoms with Gasteiger partial charge in [-0.3, -0.25) is 4.79 Å². The number of amides is 1. The molecule has 1 aliphatic heterocycles. The number of fused-ring (bicyclic) bond motifs is 2. The molecule has 128 valence electrons. The highest BCUT2D eigenvalue weighted by atomic mass is 16.6. The molecule has 1 unspecified atom stereocenters. The molecule has 6 nitrogen and oxygen atoms in total. The van der Waals surface area contributed by atoms with E-state index in [4.69, 9.17) is 14.2 Å². The number of nitrogens with one attached hydrogen (secondary N) is 2. The molecule has 1 amide bonds. The summed E-state index contributed by atoms with van der Waals surface area (Å²) >= 11 is 0. The number of benzene rings is 2. The van der Waals surface area contributed by atoms with E-state index in [9.17, 15) is 4.79 Å². The highest BCUT2D eigenvalue weighted by Crippen LogP contribution is 2.30. The molecule has 0 bridgehead atoms. The molecule has 1 atom stereocenters. The number of rotatable bonds is 4.